The normalized spacial score (nSPS) is 15.2. The molecule has 172 valence electrons. The lowest BCUT2D eigenvalue weighted by atomic mass is 10.0. The van der Waals surface area contributed by atoms with Crippen molar-refractivity contribution in [2.75, 3.05) is 25.0 Å². The van der Waals surface area contributed by atoms with E-state index in [1.54, 1.807) is 18.2 Å². The van der Waals surface area contributed by atoms with Gasteiger partial charge in [0.1, 0.15) is 0 Å². The number of rotatable bonds is 7. The lowest BCUT2D eigenvalue weighted by molar-refractivity contribution is -0.137. The zero-order valence-electron chi connectivity index (χ0n) is 17.6. The van der Waals surface area contributed by atoms with Gasteiger partial charge < -0.3 is 16.0 Å². The number of halogens is 3. The first-order chi connectivity index (χ1) is 15.3. The molecule has 2 aromatic rings. The Bertz CT molecular complexity index is 898. The van der Waals surface area contributed by atoms with Crippen molar-refractivity contribution in [1.82, 2.24) is 15.5 Å². The van der Waals surface area contributed by atoms with Crippen LogP contribution in [0.5, 0.6) is 0 Å². The molecule has 0 unspecified atom stereocenters. The van der Waals surface area contributed by atoms with E-state index < -0.39 is 11.7 Å². The van der Waals surface area contributed by atoms with Gasteiger partial charge in [0, 0.05) is 44.3 Å². The van der Waals surface area contributed by atoms with E-state index in [4.69, 9.17) is 0 Å². The molecule has 0 saturated carbocycles. The Hall–Kier alpha value is -3.07. The Morgan fingerprint density at radius 2 is 1.72 bits per heavy atom. The number of nitrogens with one attached hydrogen (secondary N) is 3. The van der Waals surface area contributed by atoms with E-state index in [1.807, 2.05) is 18.2 Å². The highest BCUT2D eigenvalue weighted by molar-refractivity contribution is 5.89. The minimum atomic E-state index is -4.34. The van der Waals surface area contributed by atoms with Crippen LogP contribution < -0.4 is 16.0 Å². The standard InChI is InChI=1S/C23H27F3N4O2/c24-23(25,26)18-6-4-5-17(15-18)16-30-13-10-20(11-14-30)28-21(31)9-12-27-22(32)29-19-7-2-1-3-8-19/h1-8,15,20H,9-14,16H2,(H,28,31)(H2,27,29,32). The van der Waals surface area contributed by atoms with Crippen molar-refractivity contribution >= 4 is 17.6 Å². The van der Waals surface area contributed by atoms with E-state index in [0.29, 0.717) is 30.9 Å². The van der Waals surface area contributed by atoms with Gasteiger partial charge in [-0.05, 0) is 36.6 Å². The first kappa shape index (κ1) is 23.6. The predicted octanol–water partition coefficient (Wildman–Crippen LogP) is 4.00. The smallest absolute Gasteiger partial charge is 0.353 e. The van der Waals surface area contributed by atoms with E-state index in [1.165, 1.54) is 12.1 Å². The minimum Gasteiger partial charge on any atom is -0.353 e. The van der Waals surface area contributed by atoms with E-state index in [2.05, 4.69) is 20.9 Å². The Balaban J connectivity index is 1.33. The minimum absolute atomic E-state index is 0.0263. The summed E-state index contributed by atoms with van der Waals surface area (Å²) in [7, 11) is 0. The maximum atomic E-state index is 12.9. The van der Waals surface area contributed by atoms with Crippen LogP contribution in [0.25, 0.3) is 0 Å². The van der Waals surface area contributed by atoms with Crippen LogP contribution in [0.4, 0.5) is 23.7 Å². The highest BCUT2D eigenvalue weighted by atomic mass is 19.4. The van der Waals surface area contributed by atoms with Gasteiger partial charge in [-0.2, -0.15) is 13.2 Å². The fourth-order valence-electron chi connectivity index (χ4n) is 3.63. The molecule has 0 atom stereocenters. The second-order valence-electron chi connectivity index (χ2n) is 7.81. The van der Waals surface area contributed by atoms with Crippen molar-refractivity contribution in [2.45, 2.75) is 38.0 Å². The van der Waals surface area contributed by atoms with Gasteiger partial charge in [-0.3, -0.25) is 9.69 Å². The zero-order chi connectivity index (χ0) is 23.0. The molecule has 2 aromatic carbocycles. The summed E-state index contributed by atoms with van der Waals surface area (Å²) in [5.41, 5.74) is 0.664. The molecule has 3 rings (SSSR count). The summed E-state index contributed by atoms with van der Waals surface area (Å²) in [6, 6.07) is 14.1. The molecular weight excluding hydrogens is 421 g/mol. The summed E-state index contributed by atoms with van der Waals surface area (Å²) in [6.07, 6.45) is -2.71. The summed E-state index contributed by atoms with van der Waals surface area (Å²) in [5, 5.41) is 8.30. The molecule has 1 aliphatic rings. The van der Waals surface area contributed by atoms with Crippen LogP contribution in [-0.2, 0) is 17.5 Å². The van der Waals surface area contributed by atoms with Crippen LogP contribution in [0.1, 0.15) is 30.4 Å². The van der Waals surface area contributed by atoms with E-state index in [-0.39, 0.29) is 30.9 Å². The van der Waals surface area contributed by atoms with Crippen LogP contribution in [0.3, 0.4) is 0 Å². The number of piperidine rings is 1. The maximum Gasteiger partial charge on any atom is 0.416 e. The summed E-state index contributed by atoms with van der Waals surface area (Å²) in [4.78, 5) is 26.1. The quantitative estimate of drug-likeness (QED) is 0.600. The van der Waals surface area contributed by atoms with Gasteiger partial charge in [-0.25, -0.2) is 4.79 Å². The number of likely N-dealkylation sites (tertiary alicyclic amines) is 1. The Kier molecular flexibility index (Phi) is 8.10. The van der Waals surface area contributed by atoms with Crippen molar-refractivity contribution in [3.63, 3.8) is 0 Å². The number of hydrogen-bond acceptors (Lipinski definition) is 3. The van der Waals surface area contributed by atoms with Gasteiger partial charge in [0.05, 0.1) is 5.56 Å². The van der Waals surface area contributed by atoms with Crippen LogP contribution >= 0.6 is 0 Å². The summed E-state index contributed by atoms with van der Waals surface area (Å²) in [5.74, 6) is -0.138. The van der Waals surface area contributed by atoms with Crippen LogP contribution in [0.2, 0.25) is 0 Å². The van der Waals surface area contributed by atoms with Gasteiger partial charge in [-0.1, -0.05) is 36.4 Å². The van der Waals surface area contributed by atoms with Gasteiger partial charge in [0.2, 0.25) is 5.91 Å². The zero-order valence-corrected chi connectivity index (χ0v) is 17.6. The number of para-hydroxylation sites is 1. The molecule has 0 spiro atoms. The highest BCUT2D eigenvalue weighted by Gasteiger charge is 2.30. The van der Waals surface area contributed by atoms with Crippen LogP contribution in [0, 0.1) is 0 Å². The number of carbonyl (C=O) groups excluding carboxylic acids is 2. The first-order valence-electron chi connectivity index (χ1n) is 10.6. The summed E-state index contributed by atoms with van der Waals surface area (Å²) in [6.45, 7) is 2.06. The van der Waals surface area contributed by atoms with Gasteiger partial charge in [0.15, 0.2) is 0 Å². The Labute approximate surface area is 185 Å². The monoisotopic (exact) mass is 448 g/mol. The first-order valence-corrected chi connectivity index (χ1v) is 10.6. The second-order valence-corrected chi connectivity index (χ2v) is 7.81. The number of alkyl halides is 3. The van der Waals surface area contributed by atoms with Crippen molar-refractivity contribution in [2.24, 2.45) is 0 Å². The summed E-state index contributed by atoms with van der Waals surface area (Å²) >= 11 is 0. The average molecular weight is 448 g/mol. The third kappa shape index (κ3) is 7.56. The van der Waals surface area contributed by atoms with Crippen molar-refractivity contribution in [3.8, 4) is 0 Å². The van der Waals surface area contributed by atoms with Crippen LogP contribution in [-0.4, -0.2) is 42.5 Å². The molecular formula is C23H27F3N4O2. The van der Waals surface area contributed by atoms with Crippen molar-refractivity contribution in [3.05, 3.63) is 65.7 Å². The largest absolute Gasteiger partial charge is 0.416 e. The fraction of sp³-hybridized carbons (Fsp3) is 0.391. The molecule has 0 bridgehead atoms. The van der Waals surface area contributed by atoms with Gasteiger partial charge in [0.25, 0.3) is 0 Å². The molecule has 1 aliphatic heterocycles. The topological polar surface area (TPSA) is 73.5 Å². The number of carbonyl (C=O) groups is 2. The lowest BCUT2D eigenvalue weighted by Crippen LogP contribution is -2.45. The second kappa shape index (κ2) is 11.0. The fourth-order valence-corrected chi connectivity index (χ4v) is 3.63. The maximum absolute atomic E-state index is 12.9. The molecule has 1 saturated heterocycles. The van der Waals surface area contributed by atoms with E-state index in [0.717, 1.165) is 18.9 Å². The SMILES string of the molecule is O=C(CCNC(=O)Nc1ccccc1)NC1CCN(Cc2cccc(C(F)(F)F)c2)CC1. The number of anilines is 1. The third-order valence-electron chi connectivity index (χ3n) is 5.28. The molecule has 0 radical (unpaired) electrons. The number of hydrogen-bond donors (Lipinski definition) is 3. The predicted molar refractivity (Wildman–Crippen MR) is 116 cm³/mol. The highest BCUT2D eigenvalue weighted by Crippen LogP contribution is 2.30. The van der Waals surface area contributed by atoms with Crippen LogP contribution in [0.15, 0.2) is 54.6 Å². The Morgan fingerprint density at radius 3 is 2.41 bits per heavy atom. The van der Waals surface area contributed by atoms with Crippen molar-refractivity contribution < 1.29 is 22.8 Å². The van der Waals surface area contributed by atoms with E-state index in [9.17, 15) is 22.8 Å². The van der Waals surface area contributed by atoms with Gasteiger partial charge >= 0.3 is 12.2 Å². The van der Waals surface area contributed by atoms with Crippen molar-refractivity contribution in [1.29, 1.82) is 0 Å². The van der Waals surface area contributed by atoms with E-state index >= 15 is 0 Å². The number of urea groups is 1. The molecule has 0 aromatic heterocycles. The Morgan fingerprint density at radius 1 is 1.00 bits per heavy atom. The molecule has 3 amide bonds. The number of nitrogens with zero attached hydrogens (tertiary/aromatic N) is 1. The number of amides is 3. The molecule has 9 heteroatoms. The molecule has 32 heavy (non-hydrogen) atoms. The van der Waals surface area contributed by atoms with Gasteiger partial charge in [-0.15, -0.1) is 0 Å². The molecule has 6 nitrogen and oxygen atoms in total. The molecule has 1 heterocycles. The molecule has 3 N–H and O–H groups in total. The number of benzene rings is 2. The summed E-state index contributed by atoms with van der Waals surface area (Å²) < 4.78 is 38.6. The molecule has 1 fully saturated rings. The average Bonchev–Trinajstić information content (AvgIpc) is 2.75. The third-order valence-corrected chi connectivity index (χ3v) is 5.28. The molecule has 0 aliphatic carbocycles. The lowest BCUT2D eigenvalue weighted by Gasteiger charge is -2.32.